The molecule has 0 aliphatic carbocycles. The highest BCUT2D eigenvalue weighted by Crippen LogP contribution is 2.41. The largest absolute Gasteiger partial charge is 0.445 e. The molecule has 1 heterocycles. The lowest BCUT2D eigenvalue weighted by atomic mass is 9.80. The van der Waals surface area contributed by atoms with Crippen molar-refractivity contribution >= 4 is 57.8 Å². The summed E-state index contributed by atoms with van der Waals surface area (Å²) in [6.45, 7) is 0.577. The molecule has 1 aliphatic rings. The van der Waals surface area contributed by atoms with Crippen LogP contribution in [0.2, 0.25) is 0 Å². The van der Waals surface area contributed by atoms with Crippen molar-refractivity contribution in [3.8, 4) is 0 Å². The molecule has 5 atom stereocenters. The Kier molecular flexibility index (Phi) is 11.2. The number of nitrogens with one attached hydrogen (secondary N) is 1. The number of benzene rings is 3. The number of carbonyl (C=O) groups excluding carboxylic acids is 2. The van der Waals surface area contributed by atoms with Crippen LogP contribution in [-0.2, 0) is 24.6 Å². The lowest BCUT2D eigenvalue weighted by Gasteiger charge is -2.44. The first kappa shape index (κ1) is 32.6. The van der Waals surface area contributed by atoms with Crippen LogP contribution in [-0.4, -0.2) is 68.2 Å². The number of hydrogen-bond donors (Lipinski definition) is 3. The predicted molar refractivity (Wildman–Crippen MR) is 163 cm³/mol. The highest BCUT2D eigenvalue weighted by Gasteiger charge is 2.48. The maximum atomic E-state index is 12.4. The van der Waals surface area contributed by atoms with E-state index in [1.807, 2.05) is 91.0 Å². The Bertz CT molecular complexity index is 1220. The molecule has 0 radical (unpaired) electrons. The van der Waals surface area contributed by atoms with Gasteiger partial charge in [-0.15, -0.1) is 0 Å². The Hall–Kier alpha value is -2.34. The van der Waals surface area contributed by atoms with Gasteiger partial charge in [0.25, 0.3) is 0 Å². The van der Waals surface area contributed by atoms with Gasteiger partial charge in [0.05, 0.1) is 12.6 Å². The zero-order valence-electron chi connectivity index (χ0n) is 22.4. The fourth-order valence-corrected chi connectivity index (χ4v) is 5.85. The van der Waals surface area contributed by atoms with Gasteiger partial charge in [-0.3, -0.25) is 4.79 Å². The lowest BCUT2D eigenvalue weighted by Crippen LogP contribution is -2.64. The van der Waals surface area contributed by atoms with Crippen molar-refractivity contribution in [2.75, 3.05) is 13.2 Å². The fraction of sp³-hybridized carbons (Fsp3) is 0.333. The summed E-state index contributed by atoms with van der Waals surface area (Å²) in [5, 5.41) is 24.3. The average molecular weight is 655 g/mol. The minimum Gasteiger partial charge on any atom is -0.445 e. The number of alkyl halides is 3. The fourth-order valence-electron chi connectivity index (χ4n) is 4.79. The first-order valence-electron chi connectivity index (χ1n) is 13.0. The number of thioether (sulfide) groups is 1. The molecule has 1 fully saturated rings. The molecule has 0 bridgehead atoms. The third-order valence-electron chi connectivity index (χ3n) is 6.64. The van der Waals surface area contributed by atoms with E-state index in [-0.39, 0.29) is 11.7 Å². The second-order valence-corrected chi connectivity index (χ2v) is 13.4. The number of halogens is 3. The van der Waals surface area contributed by atoms with Crippen molar-refractivity contribution in [1.82, 2.24) is 5.32 Å². The first-order valence-corrected chi connectivity index (χ1v) is 15.0. The molecule has 3 aromatic rings. The van der Waals surface area contributed by atoms with Crippen LogP contribution in [0.1, 0.15) is 23.6 Å². The molecular formula is C30H30Cl3NO7S. The van der Waals surface area contributed by atoms with E-state index in [1.54, 1.807) is 0 Å². The van der Waals surface area contributed by atoms with E-state index in [2.05, 4.69) is 5.32 Å². The first-order chi connectivity index (χ1) is 20.0. The zero-order chi connectivity index (χ0) is 30.3. The summed E-state index contributed by atoms with van der Waals surface area (Å²) in [4.78, 5) is 24.5. The normalized spacial score (nSPS) is 22.8. The van der Waals surface area contributed by atoms with Crippen molar-refractivity contribution in [2.45, 2.75) is 46.1 Å². The molecule has 0 spiro atoms. The van der Waals surface area contributed by atoms with E-state index in [4.69, 9.17) is 49.0 Å². The van der Waals surface area contributed by atoms with E-state index in [1.165, 1.54) is 6.92 Å². The van der Waals surface area contributed by atoms with Gasteiger partial charge in [0.2, 0.25) is 3.79 Å². The average Bonchev–Trinajstić information content (AvgIpc) is 2.98. The Labute approximate surface area is 263 Å². The Balaban J connectivity index is 1.64. The minimum atomic E-state index is -1.85. The van der Waals surface area contributed by atoms with E-state index < -0.39 is 51.9 Å². The Morgan fingerprint density at radius 1 is 0.857 bits per heavy atom. The van der Waals surface area contributed by atoms with Crippen LogP contribution < -0.4 is 5.32 Å². The van der Waals surface area contributed by atoms with Crippen LogP contribution >= 0.6 is 46.6 Å². The summed E-state index contributed by atoms with van der Waals surface area (Å²) in [6, 6.07) is 27.6. The van der Waals surface area contributed by atoms with Gasteiger partial charge in [0.1, 0.15) is 36.0 Å². The van der Waals surface area contributed by atoms with Crippen LogP contribution in [0.5, 0.6) is 0 Å². The van der Waals surface area contributed by atoms with Gasteiger partial charge in [-0.25, -0.2) is 4.79 Å². The number of hydrogen-bond acceptors (Lipinski definition) is 8. The van der Waals surface area contributed by atoms with Gasteiger partial charge >= 0.3 is 6.09 Å². The Morgan fingerprint density at radius 2 is 1.33 bits per heavy atom. The zero-order valence-corrected chi connectivity index (χ0v) is 25.5. The number of amides is 1. The number of rotatable bonds is 9. The molecule has 0 aromatic heterocycles. The summed E-state index contributed by atoms with van der Waals surface area (Å²) in [7, 11) is 0. The number of carbonyl (C=O) groups is 2. The molecule has 3 aromatic carbocycles. The number of aliphatic hydroxyl groups is 2. The molecule has 1 saturated heterocycles. The van der Waals surface area contributed by atoms with Gasteiger partial charge < -0.3 is 29.7 Å². The van der Waals surface area contributed by atoms with Crippen molar-refractivity contribution in [3.05, 3.63) is 108 Å². The summed E-state index contributed by atoms with van der Waals surface area (Å²) in [6.07, 6.45) is -5.17. The highest BCUT2D eigenvalue weighted by atomic mass is 35.6. The van der Waals surface area contributed by atoms with Crippen LogP contribution in [0.4, 0.5) is 4.79 Å². The summed E-state index contributed by atoms with van der Waals surface area (Å²) in [5.41, 5.74) is 0.295. The monoisotopic (exact) mass is 653 g/mol. The van der Waals surface area contributed by atoms with Gasteiger partial charge in [-0.1, -0.05) is 138 Å². The molecule has 12 heteroatoms. The predicted octanol–water partition coefficient (Wildman–Crippen LogP) is 5.19. The quantitative estimate of drug-likeness (QED) is 0.214. The molecule has 1 amide bonds. The van der Waals surface area contributed by atoms with Crippen molar-refractivity contribution < 1.29 is 34.0 Å². The van der Waals surface area contributed by atoms with Crippen molar-refractivity contribution in [1.29, 1.82) is 0 Å². The molecule has 42 heavy (non-hydrogen) atoms. The third-order valence-corrected chi connectivity index (χ3v) is 7.94. The maximum Gasteiger partial charge on any atom is 0.407 e. The molecule has 0 saturated carbocycles. The topological polar surface area (TPSA) is 114 Å². The molecule has 3 N–H and O–H groups in total. The number of alkyl carbamates (subject to hydrolysis) is 1. The van der Waals surface area contributed by atoms with Gasteiger partial charge in [-0.2, -0.15) is 0 Å². The number of aliphatic hydroxyl groups excluding tert-OH is 2. The van der Waals surface area contributed by atoms with Crippen LogP contribution in [0, 0.1) is 0 Å². The van der Waals surface area contributed by atoms with Gasteiger partial charge in [0, 0.05) is 6.92 Å². The SMILES string of the molecule is CC(=O)S[C@@H]1O[C@H](COC(c2ccccc2)(c2ccccc2)c2ccccc2)[C@H](O)[C@H](O)[C@H]1NC(=O)OCC(Cl)(Cl)Cl. The van der Waals surface area contributed by atoms with Gasteiger partial charge in [0.15, 0.2) is 5.12 Å². The molecule has 8 nitrogen and oxygen atoms in total. The number of ether oxygens (including phenoxy) is 3. The molecule has 0 unspecified atom stereocenters. The molecule has 4 rings (SSSR count). The second-order valence-electron chi connectivity index (χ2n) is 9.59. The van der Waals surface area contributed by atoms with Crippen molar-refractivity contribution in [3.63, 3.8) is 0 Å². The summed E-state index contributed by atoms with van der Waals surface area (Å²) in [5.74, 6) is 0. The highest BCUT2D eigenvalue weighted by molar-refractivity contribution is 8.14. The molecular weight excluding hydrogens is 625 g/mol. The van der Waals surface area contributed by atoms with Crippen LogP contribution in [0.3, 0.4) is 0 Å². The third kappa shape index (κ3) is 7.98. The van der Waals surface area contributed by atoms with Crippen LogP contribution in [0.25, 0.3) is 0 Å². The van der Waals surface area contributed by atoms with E-state index in [0.717, 1.165) is 28.5 Å². The lowest BCUT2D eigenvalue weighted by molar-refractivity contribution is -0.186. The summed E-state index contributed by atoms with van der Waals surface area (Å²) < 4.78 is 15.9. The molecule has 1 aliphatic heterocycles. The van der Waals surface area contributed by atoms with E-state index in [9.17, 15) is 19.8 Å². The maximum absolute atomic E-state index is 12.4. The minimum absolute atomic E-state index is 0.184. The Morgan fingerprint density at radius 3 is 1.76 bits per heavy atom. The van der Waals surface area contributed by atoms with Gasteiger partial charge in [-0.05, 0) is 16.7 Å². The van der Waals surface area contributed by atoms with Crippen LogP contribution in [0.15, 0.2) is 91.0 Å². The van der Waals surface area contributed by atoms with E-state index in [0.29, 0.717) is 0 Å². The van der Waals surface area contributed by atoms with E-state index >= 15 is 0 Å². The smallest absolute Gasteiger partial charge is 0.407 e. The summed E-state index contributed by atoms with van der Waals surface area (Å²) >= 11 is 17.7. The van der Waals surface area contributed by atoms with Crippen molar-refractivity contribution in [2.24, 2.45) is 0 Å². The standard InChI is InChI=1S/C30H30Cl3NO7S/c1-19(35)42-27-24(34-28(38)39-18-29(31,32)33)26(37)25(36)23(41-27)17-40-30(20-11-5-2-6-12-20,21-13-7-3-8-14-21)22-15-9-4-10-16-22/h2-16,23-27,36-37H,17-18H2,1H3,(H,34,38)/t23-,24-,25+,26-,27+/m1/s1. The second kappa shape index (κ2) is 14.4. The molecule has 224 valence electrons.